The van der Waals surface area contributed by atoms with Gasteiger partial charge in [0.15, 0.2) is 9.84 Å². The van der Waals surface area contributed by atoms with Crippen molar-refractivity contribution in [2.24, 2.45) is 13.0 Å². The summed E-state index contributed by atoms with van der Waals surface area (Å²) in [6.07, 6.45) is 3.94. The number of rotatable bonds is 5. The van der Waals surface area contributed by atoms with Crippen molar-refractivity contribution in [3.8, 4) is 5.75 Å². The first-order valence-electron chi connectivity index (χ1n) is 7.63. The molecule has 0 unspecified atom stereocenters. The average molecular weight is 349 g/mol. The molecule has 0 bridgehead atoms. The van der Waals surface area contributed by atoms with E-state index < -0.39 is 15.8 Å². The first kappa shape index (κ1) is 16.5. The van der Waals surface area contributed by atoms with E-state index in [0.717, 1.165) is 5.82 Å². The van der Waals surface area contributed by atoms with Gasteiger partial charge >= 0.3 is 0 Å². The molecular weight excluding hydrogens is 330 g/mol. The Morgan fingerprint density at radius 3 is 2.71 bits per heavy atom. The smallest absolute Gasteiger partial charge is 0.228 e. The van der Waals surface area contributed by atoms with Crippen LogP contribution in [0.5, 0.6) is 5.75 Å². The van der Waals surface area contributed by atoms with Crippen molar-refractivity contribution < 1.29 is 17.9 Å². The minimum absolute atomic E-state index is 0.0658. The van der Waals surface area contributed by atoms with E-state index in [0.29, 0.717) is 24.5 Å². The summed E-state index contributed by atoms with van der Waals surface area (Å²) < 4.78 is 30.4. The molecule has 1 fully saturated rings. The molecule has 1 amide bonds. The Kier molecular flexibility index (Phi) is 4.57. The van der Waals surface area contributed by atoms with E-state index in [2.05, 4.69) is 10.3 Å². The number of nitrogens with one attached hydrogen (secondary N) is 1. The highest BCUT2D eigenvalue weighted by Gasteiger charge is 2.32. The number of benzene rings is 1. The maximum Gasteiger partial charge on any atom is 0.228 e. The third kappa shape index (κ3) is 3.94. The minimum Gasteiger partial charge on any atom is -0.486 e. The molecule has 0 spiro atoms. The fourth-order valence-corrected chi connectivity index (χ4v) is 4.31. The van der Waals surface area contributed by atoms with Gasteiger partial charge in [-0.25, -0.2) is 13.4 Å². The molecule has 1 aromatic heterocycles. The van der Waals surface area contributed by atoms with Crippen molar-refractivity contribution in [2.75, 3.05) is 16.8 Å². The number of hydrogen-bond acceptors (Lipinski definition) is 5. The molecule has 128 valence electrons. The second-order valence-electron chi connectivity index (χ2n) is 5.86. The van der Waals surface area contributed by atoms with Crippen molar-refractivity contribution >= 4 is 21.4 Å². The van der Waals surface area contributed by atoms with Crippen molar-refractivity contribution in [1.82, 2.24) is 9.55 Å². The Balaban J connectivity index is 1.55. The fraction of sp³-hybridized carbons (Fsp3) is 0.375. The Labute approximate surface area is 140 Å². The molecule has 3 rings (SSSR count). The van der Waals surface area contributed by atoms with Crippen LogP contribution in [0.25, 0.3) is 0 Å². The van der Waals surface area contributed by atoms with Crippen molar-refractivity contribution in [3.05, 3.63) is 42.5 Å². The number of sulfone groups is 1. The number of hydrogen-bond donors (Lipinski definition) is 1. The van der Waals surface area contributed by atoms with Crippen LogP contribution in [0.15, 0.2) is 36.7 Å². The number of amides is 1. The second-order valence-corrected chi connectivity index (χ2v) is 8.09. The summed E-state index contributed by atoms with van der Waals surface area (Å²) in [4.78, 5) is 16.3. The van der Waals surface area contributed by atoms with Crippen molar-refractivity contribution in [3.63, 3.8) is 0 Å². The Hall–Kier alpha value is -2.35. The van der Waals surface area contributed by atoms with Gasteiger partial charge in [-0.3, -0.25) is 4.79 Å². The highest BCUT2D eigenvalue weighted by molar-refractivity contribution is 7.91. The summed E-state index contributed by atoms with van der Waals surface area (Å²) in [5.74, 6) is 0.788. The molecule has 0 aliphatic carbocycles. The lowest BCUT2D eigenvalue weighted by atomic mass is 10.1. The molecule has 1 aliphatic heterocycles. The molecule has 0 saturated carbocycles. The van der Waals surface area contributed by atoms with Gasteiger partial charge in [-0.1, -0.05) is 0 Å². The zero-order valence-electron chi connectivity index (χ0n) is 13.3. The van der Waals surface area contributed by atoms with Crippen LogP contribution < -0.4 is 10.1 Å². The molecule has 8 heteroatoms. The predicted molar refractivity (Wildman–Crippen MR) is 89.4 cm³/mol. The van der Waals surface area contributed by atoms with Crippen LogP contribution in [0.3, 0.4) is 0 Å². The van der Waals surface area contributed by atoms with Gasteiger partial charge in [0.1, 0.15) is 18.2 Å². The summed E-state index contributed by atoms with van der Waals surface area (Å²) >= 11 is 0. The molecule has 1 N–H and O–H groups in total. The Morgan fingerprint density at radius 2 is 2.12 bits per heavy atom. The quantitative estimate of drug-likeness (QED) is 0.880. The third-order valence-electron chi connectivity index (χ3n) is 4.01. The zero-order valence-corrected chi connectivity index (χ0v) is 14.1. The number of aryl methyl sites for hydroxylation is 1. The van der Waals surface area contributed by atoms with E-state index >= 15 is 0 Å². The third-order valence-corrected chi connectivity index (χ3v) is 5.78. The highest BCUT2D eigenvalue weighted by Crippen LogP contribution is 2.22. The number of anilines is 1. The van der Waals surface area contributed by atoms with Crippen molar-refractivity contribution in [1.29, 1.82) is 0 Å². The number of carbonyl (C=O) groups excluding carboxylic acids is 1. The van der Waals surface area contributed by atoms with E-state index in [1.54, 1.807) is 30.5 Å². The van der Waals surface area contributed by atoms with Gasteiger partial charge < -0.3 is 14.6 Å². The summed E-state index contributed by atoms with van der Waals surface area (Å²) in [7, 11) is -1.16. The fourth-order valence-electron chi connectivity index (χ4n) is 2.56. The number of nitrogens with zero attached hydrogens (tertiary/aromatic N) is 2. The van der Waals surface area contributed by atoms with E-state index in [9.17, 15) is 13.2 Å². The van der Waals surface area contributed by atoms with Gasteiger partial charge in [0.2, 0.25) is 5.91 Å². The SMILES string of the molecule is Cn1ccnc1COc1ccc(NC(=O)[C@@H]2CCS(=O)(=O)C2)cc1. The largest absolute Gasteiger partial charge is 0.486 e. The van der Waals surface area contributed by atoms with E-state index in [-0.39, 0.29) is 17.4 Å². The van der Waals surface area contributed by atoms with Crippen molar-refractivity contribution in [2.45, 2.75) is 13.0 Å². The van der Waals surface area contributed by atoms with Gasteiger partial charge in [0.25, 0.3) is 0 Å². The van der Waals surface area contributed by atoms with E-state index in [1.165, 1.54) is 0 Å². The Bertz CT molecular complexity index is 827. The van der Waals surface area contributed by atoms with Gasteiger partial charge in [0.05, 0.1) is 17.4 Å². The summed E-state index contributed by atoms with van der Waals surface area (Å²) in [6, 6.07) is 6.97. The monoisotopic (exact) mass is 349 g/mol. The number of ether oxygens (including phenoxy) is 1. The molecule has 1 atom stereocenters. The van der Waals surface area contributed by atoms with Crippen LogP contribution >= 0.6 is 0 Å². The first-order chi connectivity index (χ1) is 11.4. The summed E-state index contributed by atoms with van der Waals surface area (Å²) in [5.41, 5.74) is 0.619. The number of aromatic nitrogens is 2. The first-order valence-corrected chi connectivity index (χ1v) is 9.45. The van der Waals surface area contributed by atoms with Gasteiger partial charge in [0, 0.05) is 25.1 Å². The maximum absolute atomic E-state index is 12.1. The zero-order chi connectivity index (χ0) is 17.2. The lowest BCUT2D eigenvalue weighted by molar-refractivity contribution is -0.119. The molecule has 1 saturated heterocycles. The van der Waals surface area contributed by atoms with Gasteiger partial charge in [-0.05, 0) is 30.7 Å². The lowest BCUT2D eigenvalue weighted by Crippen LogP contribution is -2.23. The molecule has 2 aromatic rings. The van der Waals surface area contributed by atoms with Gasteiger partial charge in [-0.15, -0.1) is 0 Å². The molecular formula is C16H19N3O4S. The topological polar surface area (TPSA) is 90.3 Å². The molecule has 0 radical (unpaired) electrons. The number of imidazole rings is 1. The Morgan fingerprint density at radius 1 is 1.38 bits per heavy atom. The molecule has 24 heavy (non-hydrogen) atoms. The minimum atomic E-state index is -3.06. The normalized spacial score (nSPS) is 19.1. The highest BCUT2D eigenvalue weighted by atomic mass is 32.2. The lowest BCUT2D eigenvalue weighted by Gasteiger charge is -2.10. The molecule has 1 aromatic carbocycles. The van der Waals surface area contributed by atoms with Crippen LogP contribution in [0.2, 0.25) is 0 Å². The van der Waals surface area contributed by atoms with Crippen LogP contribution in [-0.4, -0.2) is 35.4 Å². The second kappa shape index (κ2) is 6.64. The van der Waals surface area contributed by atoms with E-state index in [4.69, 9.17) is 4.74 Å². The average Bonchev–Trinajstić information content (AvgIpc) is 3.12. The van der Waals surface area contributed by atoms with Crippen LogP contribution in [-0.2, 0) is 28.3 Å². The number of carbonyl (C=O) groups is 1. The predicted octanol–water partition coefficient (Wildman–Crippen LogP) is 1.37. The molecule has 7 nitrogen and oxygen atoms in total. The van der Waals surface area contributed by atoms with Crippen LogP contribution in [0.4, 0.5) is 5.69 Å². The molecule has 1 aliphatic rings. The summed E-state index contributed by atoms with van der Waals surface area (Å²) in [5, 5.41) is 2.75. The van der Waals surface area contributed by atoms with Gasteiger partial charge in [-0.2, -0.15) is 0 Å². The summed E-state index contributed by atoms with van der Waals surface area (Å²) in [6.45, 7) is 0.356. The van der Waals surface area contributed by atoms with Crippen LogP contribution in [0, 0.1) is 5.92 Å². The molecule has 2 heterocycles. The van der Waals surface area contributed by atoms with Crippen LogP contribution in [0.1, 0.15) is 12.2 Å². The van der Waals surface area contributed by atoms with E-state index in [1.807, 2.05) is 17.8 Å². The maximum atomic E-state index is 12.1. The standard InChI is InChI=1S/C16H19N3O4S/c1-19-8-7-17-15(19)10-23-14-4-2-13(3-5-14)18-16(20)12-6-9-24(21,22)11-12/h2-5,7-8,12H,6,9-11H2,1H3,(H,18,20)/t12-/m1/s1.